The van der Waals surface area contributed by atoms with Gasteiger partial charge in [-0.1, -0.05) is 26.7 Å². The van der Waals surface area contributed by atoms with Crippen molar-refractivity contribution in [2.45, 2.75) is 58.8 Å². The standard InChI is InChI=1S/C15H25NO2/c1-12(2)9-16-10-15-13(7-8-17-15)11-18-14-5-3-4-6-14/h7-8,12,14,16H,3-6,9-11H2,1-2H3. The van der Waals surface area contributed by atoms with Gasteiger partial charge in [0, 0.05) is 5.56 Å². The fraction of sp³-hybridized carbons (Fsp3) is 0.733. The third kappa shape index (κ3) is 4.14. The van der Waals surface area contributed by atoms with Gasteiger partial charge in [0.1, 0.15) is 5.76 Å². The fourth-order valence-electron chi connectivity index (χ4n) is 2.39. The van der Waals surface area contributed by atoms with Crippen molar-refractivity contribution in [1.29, 1.82) is 0 Å². The van der Waals surface area contributed by atoms with Crippen LogP contribution in [0.3, 0.4) is 0 Å². The van der Waals surface area contributed by atoms with Gasteiger partial charge >= 0.3 is 0 Å². The first-order valence-electron chi connectivity index (χ1n) is 7.13. The molecular formula is C15H25NO2. The number of nitrogens with one attached hydrogen (secondary N) is 1. The lowest BCUT2D eigenvalue weighted by Gasteiger charge is -2.11. The predicted octanol–water partition coefficient (Wildman–Crippen LogP) is 3.48. The Bertz CT molecular complexity index is 340. The highest BCUT2D eigenvalue weighted by atomic mass is 16.5. The molecule has 0 radical (unpaired) electrons. The van der Waals surface area contributed by atoms with Crippen LogP contribution in [0.4, 0.5) is 0 Å². The monoisotopic (exact) mass is 251 g/mol. The maximum atomic E-state index is 5.93. The van der Waals surface area contributed by atoms with Gasteiger partial charge in [-0.25, -0.2) is 0 Å². The van der Waals surface area contributed by atoms with Crippen LogP contribution in [0.2, 0.25) is 0 Å². The van der Waals surface area contributed by atoms with Crippen LogP contribution < -0.4 is 5.32 Å². The largest absolute Gasteiger partial charge is 0.468 e. The average molecular weight is 251 g/mol. The number of rotatable bonds is 7. The van der Waals surface area contributed by atoms with E-state index in [0.717, 1.165) is 18.8 Å². The molecule has 1 fully saturated rings. The van der Waals surface area contributed by atoms with Crippen LogP contribution in [0.15, 0.2) is 16.7 Å². The van der Waals surface area contributed by atoms with Crippen molar-refractivity contribution in [2.24, 2.45) is 5.92 Å². The summed E-state index contributed by atoms with van der Waals surface area (Å²) in [6.07, 6.45) is 7.31. The molecule has 1 saturated carbocycles. The zero-order valence-corrected chi connectivity index (χ0v) is 11.6. The van der Waals surface area contributed by atoms with E-state index in [1.54, 1.807) is 6.26 Å². The van der Waals surface area contributed by atoms with Crippen LogP contribution in [-0.4, -0.2) is 12.6 Å². The van der Waals surface area contributed by atoms with Crippen LogP contribution in [-0.2, 0) is 17.9 Å². The van der Waals surface area contributed by atoms with Crippen molar-refractivity contribution in [1.82, 2.24) is 5.32 Å². The Morgan fingerprint density at radius 2 is 2.17 bits per heavy atom. The first-order valence-corrected chi connectivity index (χ1v) is 7.13. The molecule has 0 aromatic carbocycles. The van der Waals surface area contributed by atoms with Crippen LogP contribution in [0, 0.1) is 5.92 Å². The summed E-state index contributed by atoms with van der Waals surface area (Å²) in [7, 11) is 0. The van der Waals surface area contributed by atoms with Crippen molar-refractivity contribution in [3.63, 3.8) is 0 Å². The summed E-state index contributed by atoms with van der Waals surface area (Å²) in [5, 5.41) is 3.41. The minimum absolute atomic E-state index is 0.469. The molecule has 1 aliphatic carbocycles. The highest BCUT2D eigenvalue weighted by Crippen LogP contribution is 2.23. The van der Waals surface area contributed by atoms with E-state index in [4.69, 9.17) is 9.15 Å². The zero-order valence-electron chi connectivity index (χ0n) is 11.6. The Kier molecular flexibility index (Phi) is 5.26. The SMILES string of the molecule is CC(C)CNCc1occc1COC1CCCC1. The van der Waals surface area contributed by atoms with E-state index in [1.807, 2.05) is 6.07 Å². The third-order valence-corrected chi connectivity index (χ3v) is 3.45. The molecule has 0 spiro atoms. The molecule has 2 rings (SSSR count). The minimum Gasteiger partial charge on any atom is -0.468 e. The minimum atomic E-state index is 0.469. The van der Waals surface area contributed by atoms with E-state index in [0.29, 0.717) is 18.6 Å². The van der Waals surface area contributed by atoms with Crippen LogP contribution in [0.25, 0.3) is 0 Å². The Morgan fingerprint density at radius 1 is 1.39 bits per heavy atom. The van der Waals surface area contributed by atoms with E-state index in [9.17, 15) is 0 Å². The Hall–Kier alpha value is -0.800. The van der Waals surface area contributed by atoms with Gasteiger partial charge in [-0.2, -0.15) is 0 Å². The summed E-state index contributed by atoms with van der Waals surface area (Å²) >= 11 is 0. The average Bonchev–Trinajstić information content (AvgIpc) is 2.96. The first kappa shape index (κ1) is 13.6. The van der Waals surface area contributed by atoms with Gasteiger partial charge in [0.05, 0.1) is 25.5 Å². The summed E-state index contributed by atoms with van der Waals surface area (Å²) in [4.78, 5) is 0. The summed E-state index contributed by atoms with van der Waals surface area (Å²) in [5.74, 6) is 1.69. The molecule has 0 saturated heterocycles. The van der Waals surface area contributed by atoms with Gasteiger partial charge in [-0.15, -0.1) is 0 Å². The molecule has 0 aliphatic heterocycles. The Balaban J connectivity index is 1.75. The summed E-state index contributed by atoms with van der Waals surface area (Å²) in [5.41, 5.74) is 1.19. The molecule has 3 nitrogen and oxygen atoms in total. The van der Waals surface area contributed by atoms with Gasteiger partial charge < -0.3 is 14.5 Å². The molecule has 0 bridgehead atoms. The lowest BCUT2D eigenvalue weighted by Crippen LogP contribution is -2.19. The quantitative estimate of drug-likeness (QED) is 0.805. The predicted molar refractivity (Wildman–Crippen MR) is 72.3 cm³/mol. The zero-order chi connectivity index (χ0) is 12.8. The molecule has 0 unspecified atom stereocenters. The molecular weight excluding hydrogens is 226 g/mol. The van der Waals surface area contributed by atoms with Crippen molar-refractivity contribution in [3.8, 4) is 0 Å². The van der Waals surface area contributed by atoms with Crippen molar-refractivity contribution in [2.75, 3.05) is 6.54 Å². The molecule has 18 heavy (non-hydrogen) atoms. The summed E-state index contributed by atoms with van der Waals surface area (Å²) in [6, 6.07) is 2.03. The van der Waals surface area contributed by atoms with E-state index >= 15 is 0 Å². The van der Waals surface area contributed by atoms with Gasteiger partial charge in [0.15, 0.2) is 0 Å². The number of furan rings is 1. The maximum absolute atomic E-state index is 5.93. The normalized spacial score (nSPS) is 16.8. The van der Waals surface area contributed by atoms with E-state index in [-0.39, 0.29) is 0 Å². The smallest absolute Gasteiger partial charge is 0.123 e. The molecule has 3 heteroatoms. The van der Waals surface area contributed by atoms with E-state index < -0.39 is 0 Å². The highest BCUT2D eigenvalue weighted by molar-refractivity contribution is 5.15. The highest BCUT2D eigenvalue weighted by Gasteiger charge is 2.16. The molecule has 0 atom stereocenters. The van der Waals surface area contributed by atoms with Crippen LogP contribution in [0.5, 0.6) is 0 Å². The molecule has 0 amide bonds. The molecule has 1 aromatic rings. The van der Waals surface area contributed by atoms with E-state index in [1.165, 1.54) is 31.2 Å². The molecule has 1 heterocycles. The van der Waals surface area contributed by atoms with Crippen molar-refractivity contribution in [3.05, 3.63) is 23.7 Å². The fourth-order valence-corrected chi connectivity index (χ4v) is 2.39. The van der Waals surface area contributed by atoms with E-state index in [2.05, 4.69) is 19.2 Å². The second-order valence-corrected chi connectivity index (χ2v) is 5.61. The molecule has 1 aliphatic rings. The lowest BCUT2D eigenvalue weighted by atomic mass is 10.2. The van der Waals surface area contributed by atoms with Gasteiger partial charge in [-0.3, -0.25) is 0 Å². The summed E-state index contributed by atoms with van der Waals surface area (Å²) < 4.78 is 11.4. The topological polar surface area (TPSA) is 34.4 Å². The van der Waals surface area contributed by atoms with Crippen molar-refractivity contribution >= 4 is 0 Å². The number of hydrogen-bond donors (Lipinski definition) is 1. The molecule has 1 aromatic heterocycles. The lowest BCUT2D eigenvalue weighted by molar-refractivity contribution is 0.0448. The number of ether oxygens (including phenoxy) is 1. The summed E-state index contributed by atoms with van der Waals surface area (Å²) in [6.45, 7) is 6.93. The van der Waals surface area contributed by atoms with Crippen LogP contribution in [0.1, 0.15) is 50.9 Å². The Morgan fingerprint density at radius 3 is 2.89 bits per heavy atom. The second-order valence-electron chi connectivity index (χ2n) is 5.61. The van der Waals surface area contributed by atoms with Gasteiger partial charge in [0.2, 0.25) is 0 Å². The van der Waals surface area contributed by atoms with Crippen molar-refractivity contribution < 1.29 is 9.15 Å². The molecule has 102 valence electrons. The van der Waals surface area contributed by atoms with Crippen LogP contribution >= 0.6 is 0 Å². The second kappa shape index (κ2) is 6.95. The Labute approximate surface area is 110 Å². The van der Waals surface area contributed by atoms with Gasteiger partial charge in [-0.05, 0) is 31.4 Å². The first-order chi connectivity index (χ1) is 8.75. The number of hydrogen-bond acceptors (Lipinski definition) is 3. The maximum Gasteiger partial charge on any atom is 0.123 e. The van der Waals surface area contributed by atoms with Gasteiger partial charge in [0.25, 0.3) is 0 Å². The molecule has 1 N–H and O–H groups in total. The third-order valence-electron chi connectivity index (χ3n) is 3.45.